The molecule has 1 saturated carbocycles. The minimum Gasteiger partial charge on any atom is -0.497 e. The maximum atomic E-state index is 14.3. The predicted octanol–water partition coefficient (Wildman–Crippen LogP) is 4.09. The molecule has 4 amide bonds. The van der Waals surface area contributed by atoms with Crippen molar-refractivity contribution in [3.8, 4) is 17.0 Å². The maximum absolute atomic E-state index is 14.3. The van der Waals surface area contributed by atoms with Gasteiger partial charge in [-0.3, -0.25) is 14.4 Å². The topological polar surface area (TPSA) is 167 Å². The van der Waals surface area contributed by atoms with Gasteiger partial charge in [-0.1, -0.05) is 25.0 Å². The van der Waals surface area contributed by atoms with Crippen LogP contribution in [0.4, 0.5) is 4.79 Å². The fourth-order valence-electron chi connectivity index (χ4n) is 7.39. The monoisotopic (exact) mass is 707 g/mol. The van der Waals surface area contributed by atoms with Crippen molar-refractivity contribution in [1.29, 1.82) is 0 Å². The number of carboxylic acid groups (broad SMARTS) is 1. The molecule has 0 radical (unpaired) electrons. The number of ether oxygens (including phenoxy) is 2. The third-order valence-electron chi connectivity index (χ3n) is 10.0. The number of amides is 4. The molecule has 268 valence electrons. The van der Waals surface area contributed by atoms with E-state index < -0.39 is 53.0 Å². The Kier molecular flexibility index (Phi) is 9.93. The van der Waals surface area contributed by atoms with Gasteiger partial charge in [0.15, 0.2) is 5.01 Å². The highest BCUT2D eigenvalue weighted by atomic mass is 32.1. The van der Waals surface area contributed by atoms with Crippen molar-refractivity contribution in [2.45, 2.75) is 82.5 Å². The Morgan fingerprint density at radius 3 is 2.54 bits per heavy atom. The van der Waals surface area contributed by atoms with E-state index in [1.54, 1.807) is 32.8 Å². The first-order valence-corrected chi connectivity index (χ1v) is 18.1. The first kappa shape index (κ1) is 35.4. The summed E-state index contributed by atoms with van der Waals surface area (Å²) in [5, 5.41) is 17.9. The second kappa shape index (κ2) is 14.0. The molecular weight excluding hydrogens is 662 g/mol. The number of fused-ring (bicyclic) bond motifs is 4. The van der Waals surface area contributed by atoms with Crippen LogP contribution in [0.5, 0.6) is 5.75 Å². The van der Waals surface area contributed by atoms with Crippen molar-refractivity contribution < 1.29 is 38.6 Å². The number of rotatable bonds is 5. The quantitative estimate of drug-likeness (QED) is 0.388. The molecule has 2 saturated heterocycles. The Bertz CT molecular complexity index is 1670. The summed E-state index contributed by atoms with van der Waals surface area (Å²) in [7, 11) is 1.59. The van der Waals surface area contributed by atoms with Gasteiger partial charge in [0.05, 0.1) is 12.8 Å². The van der Waals surface area contributed by atoms with E-state index in [1.807, 2.05) is 41.8 Å². The first-order valence-electron chi connectivity index (χ1n) is 17.2. The van der Waals surface area contributed by atoms with E-state index in [0.29, 0.717) is 35.8 Å². The number of benzene rings is 1. The molecule has 4 heterocycles. The number of allylic oxidation sites excluding steroid dienone is 1. The lowest BCUT2D eigenvalue weighted by molar-refractivity contribution is -0.146. The predicted molar refractivity (Wildman–Crippen MR) is 184 cm³/mol. The number of carboxylic acids is 1. The van der Waals surface area contributed by atoms with Gasteiger partial charge < -0.3 is 35.0 Å². The van der Waals surface area contributed by atoms with E-state index >= 15 is 0 Å². The number of nitrogens with one attached hydrogen (secondary N) is 2. The molecule has 1 aromatic carbocycles. The Hall–Kier alpha value is -4.46. The van der Waals surface area contributed by atoms with Crippen molar-refractivity contribution in [2.24, 2.45) is 17.8 Å². The lowest BCUT2D eigenvalue weighted by atomic mass is 9.93. The van der Waals surface area contributed by atoms with Gasteiger partial charge in [0.2, 0.25) is 11.8 Å². The first-order chi connectivity index (χ1) is 23.8. The van der Waals surface area contributed by atoms with Crippen LogP contribution in [0.2, 0.25) is 0 Å². The normalized spacial score (nSPS) is 29.0. The van der Waals surface area contributed by atoms with Crippen LogP contribution in [-0.2, 0) is 19.1 Å². The third-order valence-corrected chi connectivity index (χ3v) is 10.9. The zero-order valence-corrected chi connectivity index (χ0v) is 29.7. The average Bonchev–Trinajstić information content (AvgIpc) is 3.39. The van der Waals surface area contributed by atoms with Crippen LogP contribution >= 0.6 is 11.3 Å². The number of nitrogens with zero attached hydrogens (tertiary/aromatic N) is 3. The molecule has 1 aromatic heterocycles. The summed E-state index contributed by atoms with van der Waals surface area (Å²) >= 11 is 1.24. The molecule has 0 spiro atoms. The van der Waals surface area contributed by atoms with E-state index in [9.17, 15) is 29.1 Å². The van der Waals surface area contributed by atoms with Gasteiger partial charge in [0.25, 0.3) is 5.91 Å². The highest BCUT2D eigenvalue weighted by Gasteiger charge is 2.62. The molecule has 13 nitrogen and oxygen atoms in total. The molecule has 4 aliphatic rings. The molecule has 6 atom stereocenters. The smallest absolute Gasteiger partial charge is 0.408 e. The van der Waals surface area contributed by atoms with E-state index in [0.717, 1.165) is 24.8 Å². The number of likely N-dealkylation sites (tertiary alicyclic amines) is 1. The van der Waals surface area contributed by atoms with Crippen molar-refractivity contribution in [3.05, 3.63) is 46.8 Å². The molecule has 1 aliphatic carbocycles. The van der Waals surface area contributed by atoms with Crippen LogP contribution in [0.15, 0.2) is 41.8 Å². The number of alkyl carbamates (subject to hydrolysis) is 1. The summed E-state index contributed by atoms with van der Waals surface area (Å²) < 4.78 is 10.7. The molecule has 0 unspecified atom stereocenters. The lowest BCUT2D eigenvalue weighted by Gasteiger charge is -2.32. The molecule has 3 aliphatic heterocycles. The van der Waals surface area contributed by atoms with Crippen LogP contribution in [0.25, 0.3) is 11.3 Å². The molecule has 3 fully saturated rings. The summed E-state index contributed by atoms with van der Waals surface area (Å²) in [6, 6.07) is 5.42. The number of hydrogen-bond acceptors (Lipinski definition) is 9. The Morgan fingerprint density at radius 1 is 1.08 bits per heavy atom. The number of carbonyl (C=O) groups is 5. The maximum Gasteiger partial charge on any atom is 0.408 e. The third kappa shape index (κ3) is 7.35. The summed E-state index contributed by atoms with van der Waals surface area (Å²) in [6.07, 6.45) is 6.75. The van der Waals surface area contributed by atoms with Crippen LogP contribution < -0.4 is 15.4 Å². The summed E-state index contributed by atoms with van der Waals surface area (Å²) in [4.78, 5) is 75.4. The highest BCUT2D eigenvalue weighted by molar-refractivity contribution is 7.12. The van der Waals surface area contributed by atoms with Gasteiger partial charge in [0, 0.05) is 48.3 Å². The van der Waals surface area contributed by atoms with Crippen molar-refractivity contribution in [1.82, 2.24) is 25.4 Å². The van der Waals surface area contributed by atoms with Gasteiger partial charge in [-0.25, -0.2) is 14.6 Å². The fourth-order valence-corrected chi connectivity index (χ4v) is 8.18. The zero-order chi connectivity index (χ0) is 35.8. The van der Waals surface area contributed by atoms with Gasteiger partial charge in [-0.15, -0.1) is 11.3 Å². The molecule has 6 rings (SSSR count). The minimum atomic E-state index is -1.46. The Balaban J connectivity index is 1.25. The number of aromatic nitrogens is 1. The highest BCUT2D eigenvalue weighted by Crippen LogP contribution is 2.46. The van der Waals surface area contributed by atoms with Crippen LogP contribution in [0.3, 0.4) is 0 Å². The molecule has 14 heteroatoms. The summed E-state index contributed by atoms with van der Waals surface area (Å²) in [5.74, 6) is -2.71. The van der Waals surface area contributed by atoms with Crippen molar-refractivity contribution in [3.63, 3.8) is 0 Å². The van der Waals surface area contributed by atoms with E-state index in [4.69, 9.17) is 9.47 Å². The minimum absolute atomic E-state index is 0.177. The molecule has 2 aromatic rings. The van der Waals surface area contributed by atoms with Gasteiger partial charge in [0.1, 0.15) is 29.0 Å². The molecular formula is C36H45N5O8S. The lowest BCUT2D eigenvalue weighted by Crippen LogP contribution is -2.58. The fraction of sp³-hybridized carbons (Fsp3) is 0.556. The van der Waals surface area contributed by atoms with Gasteiger partial charge in [-0.05, 0) is 70.7 Å². The second-order valence-electron chi connectivity index (χ2n) is 14.7. The number of aliphatic carboxylic acids is 1. The van der Waals surface area contributed by atoms with E-state index in [2.05, 4.69) is 15.6 Å². The molecule has 3 N–H and O–H groups in total. The average molecular weight is 708 g/mol. The molecule has 0 bridgehead atoms. The summed E-state index contributed by atoms with van der Waals surface area (Å²) in [6.45, 7) is 5.88. The largest absolute Gasteiger partial charge is 0.497 e. The van der Waals surface area contributed by atoms with Gasteiger partial charge >= 0.3 is 12.1 Å². The second-order valence-corrected chi connectivity index (χ2v) is 15.5. The number of hydrogen-bond donors (Lipinski definition) is 3. The van der Waals surface area contributed by atoms with Crippen molar-refractivity contribution in [2.75, 3.05) is 26.7 Å². The standard InChI is InChI=1S/C36H45N5O8S/c1-35(2,3)49-34(47)38-26-11-9-7-5-6-8-10-23-16-36(23,33(45)46)39-29(42)28-25-19-40(17-22(25)18-41(28)31(26)43)32(44)30-37-27(20-50-30)21-12-14-24(48-4)15-13-21/h8,10,12-15,20,22-23,25-26,28H,5-7,9,11,16-19H2,1-4H3,(H,38,47)(H,39,42)(H,45,46)/b10-8-/t22-,23+,25-,26+,28-,36-/m0/s1. The van der Waals surface area contributed by atoms with E-state index in [-0.39, 0.29) is 37.3 Å². The Morgan fingerprint density at radius 2 is 1.84 bits per heavy atom. The Labute approximate surface area is 295 Å². The van der Waals surface area contributed by atoms with Crippen LogP contribution in [-0.4, -0.2) is 99.6 Å². The molecule has 50 heavy (non-hydrogen) atoms. The zero-order valence-electron chi connectivity index (χ0n) is 28.8. The van der Waals surface area contributed by atoms with Crippen molar-refractivity contribution >= 4 is 41.1 Å². The SMILES string of the molecule is COc1ccc(-c2csc(C(=O)N3C[C@H]4CN5C(=O)[C@H](NC(=O)OC(C)(C)C)CCCCC/C=C\[C@@H]6C[C@]6(C(=O)O)NC(=O)[C@@H]5[C@H]4C3)n2)cc1. The van der Waals surface area contributed by atoms with Gasteiger partial charge in [-0.2, -0.15) is 0 Å². The summed E-state index contributed by atoms with van der Waals surface area (Å²) in [5.41, 5.74) is -0.729. The van der Waals surface area contributed by atoms with Crippen LogP contribution in [0.1, 0.15) is 69.1 Å². The number of thiazole rings is 1. The number of methoxy groups -OCH3 is 1. The van der Waals surface area contributed by atoms with Crippen LogP contribution in [0, 0.1) is 17.8 Å². The number of carbonyl (C=O) groups excluding carboxylic acids is 4. The van der Waals surface area contributed by atoms with E-state index in [1.165, 1.54) is 16.2 Å².